The van der Waals surface area contributed by atoms with Crippen LogP contribution in [0.15, 0.2) is 52.9 Å². The molecule has 1 atom stereocenters. The number of fused-ring (bicyclic) bond motifs is 1. The van der Waals surface area contributed by atoms with E-state index in [0.717, 1.165) is 11.3 Å². The van der Waals surface area contributed by atoms with Gasteiger partial charge in [-0.2, -0.15) is 0 Å². The Hall–Kier alpha value is -2.11. The van der Waals surface area contributed by atoms with Crippen LogP contribution in [0.1, 0.15) is 39.1 Å². The maximum Gasteiger partial charge on any atom is 0.250 e. The van der Waals surface area contributed by atoms with Crippen LogP contribution < -0.4 is 4.43 Å². The molecule has 1 N–H and O–H groups in total. The molecule has 0 aliphatic carbocycles. The fraction of sp³-hybridized carbons (Fsp3) is 0.381. The lowest BCUT2D eigenvalue weighted by Crippen LogP contribution is -2.43. The van der Waals surface area contributed by atoms with Crippen LogP contribution in [-0.2, 0) is 5.60 Å². The molecule has 26 heavy (non-hydrogen) atoms. The minimum Gasteiger partial charge on any atom is -0.544 e. The summed E-state index contributed by atoms with van der Waals surface area (Å²) >= 11 is 0. The van der Waals surface area contributed by atoms with Gasteiger partial charge in [0.05, 0.1) is 0 Å². The van der Waals surface area contributed by atoms with E-state index in [4.69, 9.17) is 8.84 Å². The maximum absolute atomic E-state index is 11.0. The molecule has 1 heterocycles. The fourth-order valence-electron chi connectivity index (χ4n) is 2.50. The van der Waals surface area contributed by atoms with Crippen LogP contribution in [0.2, 0.25) is 18.1 Å². The van der Waals surface area contributed by atoms with Gasteiger partial charge in [0.15, 0.2) is 11.2 Å². The van der Waals surface area contributed by atoms with Crippen LogP contribution in [0.25, 0.3) is 11.1 Å². The molecule has 0 aliphatic heterocycles. The number of oxazole rings is 1. The molecule has 0 bridgehead atoms. The van der Waals surface area contributed by atoms with Gasteiger partial charge in [-0.05, 0) is 54.9 Å². The van der Waals surface area contributed by atoms with Crippen LogP contribution in [0.4, 0.5) is 0 Å². The van der Waals surface area contributed by atoms with Gasteiger partial charge in [-0.15, -0.1) is 0 Å². The van der Waals surface area contributed by atoms with E-state index in [0.29, 0.717) is 11.1 Å². The van der Waals surface area contributed by atoms with Gasteiger partial charge in [-0.1, -0.05) is 45.0 Å². The van der Waals surface area contributed by atoms with Gasteiger partial charge >= 0.3 is 0 Å². The van der Waals surface area contributed by atoms with E-state index < -0.39 is 13.9 Å². The molecule has 0 unspecified atom stereocenters. The number of para-hydroxylation sites is 2. The van der Waals surface area contributed by atoms with Crippen LogP contribution in [0, 0.1) is 0 Å². The summed E-state index contributed by atoms with van der Waals surface area (Å²) in [5.41, 5.74) is 0.807. The molecule has 1 aromatic heterocycles. The molecule has 0 fully saturated rings. The van der Waals surface area contributed by atoms with Gasteiger partial charge in [0, 0.05) is 0 Å². The molecular weight excluding hydrogens is 342 g/mol. The minimum atomic E-state index is -1.89. The summed E-state index contributed by atoms with van der Waals surface area (Å²) in [6, 6.07) is 15.1. The average Bonchev–Trinajstić information content (AvgIpc) is 2.99. The normalized spacial score (nSPS) is 15.0. The molecule has 2 aromatic carbocycles. The first-order valence-electron chi connectivity index (χ1n) is 8.89. The zero-order chi connectivity index (χ0) is 19.2. The molecule has 0 saturated carbocycles. The van der Waals surface area contributed by atoms with Gasteiger partial charge in [0.1, 0.15) is 11.3 Å². The van der Waals surface area contributed by atoms with Gasteiger partial charge in [0.25, 0.3) is 0 Å². The molecular formula is C21H27NO3Si. The molecule has 0 amide bonds. The minimum absolute atomic E-state index is 0.134. The molecule has 0 spiro atoms. The third-order valence-corrected chi connectivity index (χ3v) is 9.66. The zero-order valence-corrected chi connectivity index (χ0v) is 17.3. The lowest BCUT2D eigenvalue weighted by atomic mass is 9.96. The van der Waals surface area contributed by atoms with Crippen LogP contribution >= 0.6 is 0 Å². The van der Waals surface area contributed by atoms with Crippen molar-refractivity contribution in [2.75, 3.05) is 0 Å². The first-order chi connectivity index (χ1) is 12.0. The lowest BCUT2D eigenvalue weighted by molar-refractivity contribution is 0.0727. The van der Waals surface area contributed by atoms with Crippen molar-refractivity contribution in [2.24, 2.45) is 0 Å². The second kappa shape index (κ2) is 6.25. The van der Waals surface area contributed by atoms with E-state index in [9.17, 15) is 5.11 Å². The highest BCUT2D eigenvalue weighted by Gasteiger charge is 2.39. The van der Waals surface area contributed by atoms with E-state index in [1.165, 1.54) is 0 Å². The summed E-state index contributed by atoms with van der Waals surface area (Å²) in [6.07, 6.45) is 0. The molecule has 138 valence electrons. The monoisotopic (exact) mass is 369 g/mol. The zero-order valence-electron chi connectivity index (χ0n) is 16.3. The van der Waals surface area contributed by atoms with Crippen molar-refractivity contribution in [1.82, 2.24) is 4.98 Å². The number of hydrogen-bond donors (Lipinski definition) is 1. The first-order valence-corrected chi connectivity index (χ1v) is 11.8. The van der Waals surface area contributed by atoms with Crippen LogP contribution in [0.5, 0.6) is 5.75 Å². The Bertz CT molecular complexity index is 872. The summed E-state index contributed by atoms with van der Waals surface area (Å²) in [6.45, 7) is 12.8. The van der Waals surface area contributed by atoms with Crippen LogP contribution in [-0.4, -0.2) is 18.4 Å². The molecule has 0 aliphatic rings. The highest BCUT2D eigenvalue weighted by Crippen LogP contribution is 2.38. The third-order valence-electron chi connectivity index (χ3n) is 5.31. The van der Waals surface area contributed by atoms with Crippen molar-refractivity contribution < 1.29 is 13.9 Å². The number of hydrogen-bond acceptors (Lipinski definition) is 4. The number of aromatic nitrogens is 1. The predicted molar refractivity (Wildman–Crippen MR) is 107 cm³/mol. The van der Waals surface area contributed by atoms with Crippen molar-refractivity contribution >= 4 is 19.4 Å². The van der Waals surface area contributed by atoms with Crippen molar-refractivity contribution in [1.29, 1.82) is 0 Å². The Morgan fingerprint density at radius 1 is 0.962 bits per heavy atom. The molecule has 0 radical (unpaired) electrons. The van der Waals surface area contributed by atoms with Gasteiger partial charge in [0.2, 0.25) is 14.2 Å². The second-order valence-corrected chi connectivity index (χ2v) is 13.2. The summed E-state index contributed by atoms with van der Waals surface area (Å²) in [5, 5.41) is 11.2. The first kappa shape index (κ1) is 18.7. The lowest BCUT2D eigenvalue weighted by Gasteiger charge is -2.36. The summed E-state index contributed by atoms with van der Waals surface area (Å²) in [7, 11) is -1.89. The van der Waals surface area contributed by atoms with E-state index in [2.05, 4.69) is 38.8 Å². The van der Waals surface area contributed by atoms with Crippen molar-refractivity contribution in [3.8, 4) is 5.75 Å². The Kier molecular flexibility index (Phi) is 4.49. The van der Waals surface area contributed by atoms with Gasteiger partial charge in [-0.25, -0.2) is 4.98 Å². The highest BCUT2D eigenvalue weighted by atomic mass is 28.4. The Balaban J connectivity index is 1.87. The van der Waals surface area contributed by atoms with Crippen molar-refractivity contribution in [3.63, 3.8) is 0 Å². The summed E-state index contributed by atoms with van der Waals surface area (Å²) in [4.78, 5) is 4.43. The smallest absolute Gasteiger partial charge is 0.250 e. The number of benzene rings is 2. The Morgan fingerprint density at radius 3 is 2.15 bits per heavy atom. The quantitative estimate of drug-likeness (QED) is 0.620. The largest absolute Gasteiger partial charge is 0.544 e. The second-order valence-electron chi connectivity index (χ2n) is 8.45. The number of aliphatic hydroxyl groups is 1. The topological polar surface area (TPSA) is 55.5 Å². The van der Waals surface area contributed by atoms with Gasteiger partial charge < -0.3 is 13.9 Å². The van der Waals surface area contributed by atoms with E-state index in [1.807, 2.05) is 48.5 Å². The number of rotatable bonds is 4. The van der Waals surface area contributed by atoms with Crippen LogP contribution in [0.3, 0.4) is 0 Å². The van der Waals surface area contributed by atoms with E-state index in [-0.39, 0.29) is 10.9 Å². The van der Waals surface area contributed by atoms with E-state index in [1.54, 1.807) is 6.92 Å². The van der Waals surface area contributed by atoms with Crippen molar-refractivity contribution in [3.05, 3.63) is 60.0 Å². The van der Waals surface area contributed by atoms with E-state index >= 15 is 0 Å². The highest BCUT2D eigenvalue weighted by molar-refractivity contribution is 6.74. The standard InChI is InChI=1S/C21H27NO3Si/c1-20(2,3)26(5,6)25-16-13-11-15(12-14-16)21(4,23)19-22-17-9-7-8-10-18(17)24-19/h7-14,23H,1-6H3/t21-/m1/s1. The number of nitrogens with zero attached hydrogens (tertiary/aromatic N) is 1. The average molecular weight is 370 g/mol. The summed E-state index contributed by atoms with van der Waals surface area (Å²) in [5.74, 6) is 1.12. The maximum atomic E-state index is 11.0. The Labute approximate surface area is 156 Å². The predicted octanol–water partition coefficient (Wildman–Crippen LogP) is 5.47. The van der Waals surface area contributed by atoms with Crippen molar-refractivity contribution in [2.45, 2.75) is 51.4 Å². The fourth-order valence-corrected chi connectivity index (χ4v) is 3.53. The summed E-state index contributed by atoms with van der Waals surface area (Å²) < 4.78 is 12.1. The molecule has 4 nitrogen and oxygen atoms in total. The third kappa shape index (κ3) is 3.41. The molecule has 3 rings (SSSR count). The molecule has 3 aromatic rings. The SMILES string of the molecule is CC(C)(C)[Si](C)(C)Oc1ccc([C@@](C)(O)c2nc3ccccc3o2)cc1. The van der Waals surface area contributed by atoms with Gasteiger partial charge in [-0.3, -0.25) is 0 Å². The Morgan fingerprint density at radius 2 is 1.58 bits per heavy atom. The molecule has 5 heteroatoms. The molecule has 0 saturated heterocycles.